The standard InChI is InChI=1S/C25H20FN5O2S/c26-20-7-6-18(14-17(20)15-27)28-23(32)16-8-11-30(12-9-16)25-29-21-10-13-34-22(21)24(33)31(25)19-4-2-1-3-5-19/h1-7,10,13-14,16H,8-9,11-12H2,(H,28,32). The summed E-state index contributed by atoms with van der Waals surface area (Å²) in [6, 6.07) is 17.0. The number of amides is 1. The lowest BCUT2D eigenvalue weighted by Gasteiger charge is -2.33. The first kappa shape index (κ1) is 21.8. The highest BCUT2D eigenvalue weighted by molar-refractivity contribution is 7.17. The second-order valence-corrected chi connectivity index (χ2v) is 9.00. The molecule has 1 aliphatic heterocycles. The molecule has 0 aliphatic carbocycles. The Morgan fingerprint density at radius 1 is 1.15 bits per heavy atom. The fraction of sp³-hybridized carbons (Fsp3) is 0.200. The number of anilines is 2. The maximum atomic E-state index is 13.6. The summed E-state index contributed by atoms with van der Waals surface area (Å²) in [5.41, 5.74) is 1.59. The van der Waals surface area contributed by atoms with Crippen molar-refractivity contribution in [1.82, 2.24) is 9.55 Å². The monoisotopic (exact) mass is 473 g/mol. The van der Waals surface area contributed by atoms with E-state index in [0.29, 0.717) is 47.8 Å². The number of nitrogens with zero attached hydrogens (tertiary/aromatic N) is 4. The molecule has 2 aromatic carbocycles. The number of aromatic nitrogens is 2. The van der Waals surface area contributed by atoms with E-state index in [-0.39, 0.29) is 22.9 Å². The molecule has 1 fully saturated rings. The predicted molar refractivity (Wildman–Crippen MR) is 130 cm³/mol. The summed E-state index contributed by atoms with van der Waals surface area (Å²) in [7, 11) is 0. The molecule has 1 amide bonds. The van der Waals surface area contributed by atoms with Gasteiger partial charge in [0, 0.05) is 24.7 Å². The molecule has 0 atom stereocenters. The number of nitrogens with one attached hydrogen (secondary N) is 1. The topological polar surface area (TPSA) is 91.0 Å². The summed E-state index contributed by atoms with van der Waals surface area (Å²) in [4.78, 5) is 32.9. The van der Waals surface area contributed by atoms with Gasteiger partial charge in [0.25, 0.3) is 5.56 Å². The van der Waals surface area contributed by atoms with E-state index in [1.54, 1.807) is 10.6 Å². The fourth-order valence-corrected chi connectivity index (χ4v) is 4.96. The number of carbonyl (C=O) groups excluding carboxylic acids is 1. The van der Waals surface area contributed by atoms with Crippen LogP contribution in [-0.2, 0) is 4.79 Å². The first-order valence-electron chi connectivity index (χ1n) is 10.9. The molecule has 0 saturated carbocycles. The fourth-order valence-electron chi connectivity index (χ4n) is 4.20. The van der Waals surface area contributed by atoms with Crippen LogP contribution >= 0.6 is 11.3 Å². The van der Waals surface area contributed by atoms with Crippen LogP contribution in [-0.4, -0.2) is 28.5 Å². The summed E-state index contributed by atoms with van der Waals surface area (Å²) in [6.07, 6.45) is 1.15. The molecule has 4 aromatic rings. The van der Waals surface area contributed by atoms with Crippen LogP contribution in [0.2, 0.25) is 0 Å². The first-order valence-corrected chi connectivity index (χ1v) is 11.7. The van der Waals surface area contributed by atoms with E-state index in [9.17, 15) is 14.0 Å². The van der Waals surface area contributed by atoms with Crippen molar-refractivity contribution in [3.05, 3.63) is 81.7 Å². The van der Waals surface area contributed by atoms with Crippen molar-refractivity contribution in [1.29, 1.82) is 5.26 Å². The zero-order valence-corrected chi connectivity index (χ0v) is 18.9. The quantitative estimate of drug-likeness (QED) is 0.477. The van der Waals surface area contributed by atoms with Crippen LogP contribution < -0.4 is 15.8 Å². The van der Waals surface area contributed by atoms with E-state index in [4.69, 9.17) is 10.2 Å². The van der Waals surface area contributed by atoms with Gasteiger partial charge >= 0.3 is 0 Å². The molecule has 0 spiro atoms. The van der Waals surface area contributed by atoms with E-state index in [0.717, 1.165) is 5.69 Å². The number of para-hydroxylation sites is 1. The van der Waals surface area contributed by atoms with E-state index in [1.165, 1.54) is 29.5 Å². The smallest absolute Gasteiger partial charge is 0.277 e. The maximum absolute atomic E-state index is 13.6. The zero-order chi connectivity index (χ0) is 23.7. The van der Waals surface area contributed by atoms with Crippen molar-refractivity contribution in [2.75, 3.05) is 23.3 Å². The first-order chi connectivity index (χ1) is 16.5. The summed E-state index contributed by atoms with van der Waals surface area (Å²) in [5.74, 6) is -0.461. The van der Waals surface area contributed by atoms with Crippen LogP contribution in [0.25, 0.3) is 15.9 Å². The van der Waals surface area contributed by atoms with Gasteiger partial charge in [0.15, 0.2) is 0 Å². The molecule has 170 valence electrons. The molecule has 0 unspecified atom stereocenters. The Kier molecular flexibility index (Phi) is 5.82. The van der Waals surface area contributed by atoms with Gasteiger partial charge in [-0.2, -0.15) is 5.26 Å². The van der Waals surface area contributed by atoms with Gasteiger partial charge in [0.05, 0.1) is 16.8 Å². The normalized spacial score (nSPS) is 14.2. The molecule has 1 aliphatic rings. The van der Waals surface area contributed by atoms with Crippen molar-refractivity contribution in [3.8, 4) is 11.8 Å². The van der Waals surface area contributed by atoms with Crippen LogP contribution in [0.3, 0.4) is 0 Å². The Labute approximate surface area is 198 Å². The van der Waals surface area contributed by atoms with Gasteiger partial charge in [-0.3, -0.25) is 9.59 Å². The number of benzene rings is 2. The Morgan fingerprint density at radius 2 is 1.91 bits per heavy atom. The van der Waals surface area contributed by atoms with Crippen molar-refractivity contribution in [2.45, 2.75) is 12.8 Å². The van der Waals surface area contributed by atoms with Crippen molar-refractivity contribution >= 4 is 39.1 Å². The van der Waals surface area contributed by atoms with Crippen molar-refractivity contribution < 1.29 is 9.18 Å². The van der Waals surface area contributed by atoms with Gasteiger partial charge in [-0.25, -0.2) is 13.9 Å². The predicted octanol–water partition coefficient (Wildman–Crippen LogP) is 4.31. The second kappa shape index (κ2) is 9.08. The molecule has 7 nitrogen and oxygen atoms in total. The van der Waals surface area contributed by atoms with Crippen LogP contribution in [0, 0.1) is 23.1 Å². The molecule has 2 aromatic heterocycles. The number of thiophene rings is 1. The second-order valence-electron chi connectivity index (χ2n) is 8.08. The number of nitriles is 1. The molecule has 3 heterocycles. The highest BCUT2D eigenvalue weighted by atomic mass is 32.1. The molecule has 0 radical (unpaired) electrons. The molecule has 34 heavy (non-hydrogen) atoms. The van der Waals surface area contributed by atoms with Crippen LogP contribution in [0.5, 0.6) is 0 Å². The lowest BCUT2D eigenvalue weighted by Crippen LogP contribution is -2.41. The minimum absolute atomic E-state index is 0.106. The molecule has 1 saturated heterocycles. The van der Waals surface area contributed by atoms with Gasteiger partial charge in [-0.1, -0.05) is 18.2 Å². The van der Waals surface area contributed by atoms with Gasteiger partial charge < -0.3 is 10.2 Å². The number of carbonyl (C=O) groups is 1. The minimum Gasteiger partial charge on any atom is -0.342 e. The maximum Gasteiger partial charge on any atom is 0.277 e. The molecule has 5 rings (SSSR count). The zero-order valence-electron chi connectivity index (χ0n) is 18.1. The third kappa shape index (κ3) is 4.04. The summed E-state index contributed by atoms with van der Waals surface area (Å²) in [5, 5.41) is 13.7. The Balaban J connectivity index is 1.37. The molecule has 1 N–H and O–H groups in total. The van der Waals surface area contributed by atoms with Gasteiger partial charge in [-0.05, 0) is 54.6 Å². The lowest BCUT2D eigenvalue weighted by molar-refractivity contribution is -0.120. The van der Waals surface area contributed by atoms with E-state index < -0.39 is 5.82 Å². The number of rotatable bonds is 4. The van der Waals surface area contributed by atoms with Gasteiger partial charge in [0.2, 0.25) is 11.9 Å². The number of hydrogen-bond acceptors (Lipinski definition) is 6. The number of hydrogen-bond donors (Lipinski definition) is 1. The summed E-state index contributed by atoms with van der Waals surface area (Å²) in [6.45, 7) is 1.11. The minimum atomic E-state index is -0.617. The highest BCUT2D eigenvalue weighted by Gasteiger charge is 2.28. The van der Waals surface area contributed by atoms with Crippen LogP contribution in [0.15, 0.2) is 64.8 Å². The van der Waals surface area contributed by atoms with Gasteiger partial charge in [0.1, 0.15) is 16.6 Å². The third-order valence-electron chi connectivity index (χ3n) is 5.98. The van der Waals surface area contributed by atoms with Crippen molar-refractivity contribution in [3.63, 3.8) is 0 Å². The molecule has 9 heteroatoms. The largest absolute Gasteiger partial charge is 0.342 e. The van der Waals surface area contributed by atoms with Crippen LogP contribution in [0.1, 0.15) is 18.4 Å². The Hall–Kier alpha value is -4.03. The summed E-state index contributed by atoms with van der Waals surface area (Å²) < 4.78 is 15.8. The highest BCUT2D eigenvalue weighted by Crippen LogP contribution is 2.27. The van der Waals surface area contributed by atoms with Crippen LogP contribution in [0.4, 0.5) is 16.0 Å². The average molecular weight is 474 g/mol. The molecular weight excluding hydrogens is 453 g/mol. The number of halogens is 1. The van der Waals surface area contributed by atoms with E-state index in [2.05, 4.69) is 5.32 Å². The third-order valence-corrected chi connectivity index (χ3v) is 6.87. The molecular formula is C25H20FN5O2S. The van der Waals surface area contributed by atoms with E-state index in [1.807, 2.05) is 46.7 Å². The molecule has 0 bridgehead atoms. The van der Waals surface area contributed by atoms with Gasteiger partial charge in [-0.15, -0.1) is 11.3 Å². The van der Waals surface area contributed by atoms with Crippen molar-refractivity contribution in [2.24, 2.45) is 5.92 Å². The average Bonchev–Trinajstić information content (AvgIpc) is 3.35. The van der Waals surface area contributed by atoms with E-state index >= 15 is 0 Å². The number of piperidine rings is 1. The lowest BCUT2D eigenvalue weighted by atomic mass is 9.96. The Morgan fingerprint density at radius 3 is 2.65 bits per heavy atom. The SMILES string of the molecule is N#Cc1cc(NC(=O)C2CCN(c3nc4ccsc4c(=O)n3-c3ccccc3)CC2)ccc1F. The Bertz CT molecular complexity index is 1470. The summed E-state index contributed by atoms with van der Waals surface area (Å²) >= 11 is 1.38. The number of fused-ring (bicyclic) bond motifs is 1.